The molecule has 27 heavy (non-hydrogen) atoms. The minimum Gasteiger partial charge on any atom is -0.338 e. The van der Waals surface area contributed by atoms with E-state index in [-0.39, 0.29) is 11.8 Å². The lowest BCUT2D eigenvalue weighted by Crippen LogP contribution is -2.52. The van der Waals surface area contributed by atoms with Gasteiger partial charge in [0.05, 0.1) is 0 Å². The third-order valence-electron chi connectivity index (χ3n) is 4.89. The SMILES string of the molecule is O=C(NCCc1cccc(Cl)c1)N1CCN(CCc2ccccc2F)CC1. The summed E-state index contributed by atoms with van der Waals surface area (Å²) < 4.78 is 13.7. The number of halogens is 2. The number of hydrogen-bond acceptors (Lipinski definition) is 2. The van der Waals surface area contributed by atoms with Gasteiger partial charge >= 0.3 is 6.03 Å². The van der Waals surface area contributed by atoms with Crippen molar-refractivity contribution in [2.75, 3.05) is 39.3 Å². The first-order valence-corrected chi connectivity index (χ1v) is 9.72. The molecule has 2 amide bonds. The van der Waals surface area contributed by atoms with Gasteiger partial charge in [0, 0.05) is 44.3 Å². The standard InChI is InChI=1S/C21H25ClFN3O/c22-19-6-3-4-17(16-19)8-10-24-21(27)26-14-12-25(13-15-26)11-9-18-5-1-2-7-20(18)23/h1-7,16H,8-15H2,(H,24,27). The molecule has 1 aliphatic rings. The van der Waals surface area contributed by atoms with Gasteiger partial charge in [-0.3, -0.25) is 4.90 Å². The van der Waals surface area contributed by atoms with Gasteiger partial charge in [0.1, 0.15) is 5.82 Å². The second-order valence-corrected chi connectivity index (χ2v) is 7.22. The molecule has 0 bridgehead atoms. The monoisotopic (exact) mass is 389 g/mol. The average Bonchev–Trinajstić information content (AvgIpc) is 2.68. The van der Waals surface area contributed by atoms with Crippen LogP contribution in [0.1, 0.15) is 11.1 Å². The van der Waals surface area contributed by atoms with E-state index in [0.29, 0.717) is 31.1 Å². The van der Waals surface area contributed by atoms with Crippen molar-refractivity contribution >= 4 is 17.6 Å². The summed E-state index contributed by atoms with van der Waals surface area (Å²) in [5, 5.41) is 3.69. The zero-order valence-electron chi connectivity index (χ0n) is 15.3. The Morgan fingerprint density at radius 3 is 2.56 bits per heavy atom. The first-order valence-electron chi connectivity index (χ1n) is 9.35. The molecule has 0 saturated carbocycles. The number of piperazine rings is 1. The predicted molar refractivity (Wildman–Crippen MR) is 107 cm³/mol. The summed E-state index contributed by atoms with van der Waals surface area (Å²) in [4.78, 5) is 16.4. The fourth-order valence-electron chi connectivity index (χ4n) is 3.27. The largest absolute Gasteiger partial charge is 0.338 e. The number of carbonyl (C=O) groups excluding carboxylic acids is 1. The van der Waals surface area contributed by atoms with Gasteiger partial charge in [0.15, 0.2) is 0 Å². The van der Waals surface area contributed by atoms with Crippen molar-refractivity contribution in [1.29, 1.82) is 0 Å². The number of benzene rings is 2. The molecule has 0 aliphatic carbocycles. The molecular formula is C21H25ClFN3O. The van der Waals surface area contributed by atoms with Crippen LogP contribution in [-0.4, -0.2) is 55.1 Å². The maximum Gasteiger partial charge on any atom is 0.317 e. The number of carbonyl (C=O) groups is 1. The lowest BCUT2D eigenvalue weighted by atomic mass is 10.1. The van der Waals surface area contributed by atoms with Gasteiger partial charge in [0.25, 0.3) is 0 Å². The molecule has 1 saturated heterocycles. The summed E-state index contributed by atoms with van der Waals surface area (Å²) in [5.41, 5.74) is 1.86. The van der Waals surface area contributed by atoms with E-state index in [0.717, 1.165) is 37.2 Å². The first-order chi connectivity index (χ1) is 13.1. The van der Waals surface area contributed by atoms with Crippen LogP contribution in [0.25, 0.3) is 0 Å². The minimum atomic E-state index is -0.143. The third-order valence-corrected chi connectivity index (χ3v) is 5.13. The normalized spacial score (nSPS) is 15.0. The molecule has 0 atom stereocenters. The van der Waals surface area contributed by atoms with Crippen LogP contribution >= 0.6 is 11.6 Å². The van der Waals surface area contributed by atoms with Crippen LogP contribution in [-0.2, 0) is 12.8 Å². The van der Waals surface area contributed by atoms with Gasteiger partial charge in [-0.05, 0) is 42.2 Å². The van der Waals surface area contributed by atoms with Crippen LogP contribution in [0.5, 0.6) is 0 Å². The quantitative estimate of drug-likeness (QED) is 0.819. The number of urea groups is 1. The van der Waals surface area contributed by atoms with Crippen molar-refractivity contribution in [1.82, 2.24) is 15.1 Å². The van der Waals surface area contributed by atoms with Gasteiger partial charge in [-0.1, -0.05) is 41.9 Å². The molecule has 0 spiro atoms. The summed E-state index contributed by atoms with van der Waals surface area (Å²) in [6.45, 7) is 4.42. The van der Waals surface area contributed by atoms with E-state index in [1.54, 1.807) is 6.07 Å². The van der Waals surface area contributed by atoms with Crippen LogP contribution in [0.15, 0.2) is 48.5 Å². The Morgan fingerprint density at radius 2 is 1.81 bits per heavy atom. The Kier molecular flexibility index (Phi) is 7.07. The van der Waals surface area contributed by atoms with E-state index in [1.165, 1.54) is 6.07 Å². The van der Waals surface area contributed by atoms with Crippen molar-refractivity contribution in [3.8, 4) is 0 Å². The lowest BCUT2D eigenvalue weighted by Gasteiger charge is -2.34. The molecule has 0 radical (unpaired) electrons. The van der Waals surface area contributed by atoms with E-state index in [1.807, 2.05) is 41.3 Å². The average molecular weight is 390 g/mol. The smallest absolute Gasteiger partial charge is 0.317 e. The highest BCUT2D eigenvalue weighted by Gasteiger charge is 2.20. The van der Waals surface area contributed by atoms with Crippen LogP contribution in [0.2, 0.25) is 5.02 Å². The fourth-order valence-corrected chi connectivity index (χ4v) is 3.49. The molecule has 0 unspecified atom stereocenters. The van der Waals surface area contributed by atoms with Crippen LogP contribution in [0.3, 0.4) is 0 Å². The van der Waals surface area contributed by atoms with Crippen molar-refractivity contribution in [3.05, 3.63) is 70.5 Å². The Morgan fingerprint density at radius 1 is 1.04 bits per heavy atom. The van der Waals surface area contributed by atoms with E-state index in [2.05, 4.69) is 10.2 Å². The number of hydrogen-bond donors (Lipinski definition) is 1. The molecule has 2 aromatic rings. The van der Waals surface area contributed by atoms with Gasteiger partial charge in [-0.2, -0.15) is 0 Å². The molecule has 144 valence electrons. The molecule has 1 heterocycles. The Hall–Kier alpha value is -2.11. The summed E-state index contributed by atoms with van der Waals surface area (Å²) in [7, 11) is 0. The van der Waals surface area contributed by atoms with Gasteiger partial charge < -0.3 is 10.2 Å². The highest BCUT2D eigenvalue weighted by atomic mass is 35.5. The molecule has 1 N–H and O–H groups in total. The molecule has 1 aliphatic heterocycles. The predicted octanol–water partition coefficient (Wildman–Crippen LogP) is 3.59. The van der Waals surface area contributed by atoms with Crippen LogP contribution in [0, 0.1) is 5.82 Å². The van der Waals surface area contributed by atoms with E-state index < -0.39 is 0 Å². The molecule has 0 aromatic heterocycles. The zero-order valence-corrected chi connectivity index (χ0v) is 16.1. The van der Waals surface area contributed by atoms with Crippen LogP contribution < -0.4 is 5.32 Å². The molecule has 3 rings (SSSR count). The van der Waals surface area contributed by atoms with Crippen LogP contribution in [0.4, 0.5) is 9.18 Å². The Bertz CT molecular complexity index is 763. The highest BCUT2D eigenvalue weighted by Crippen LogP contribution is 2.11. The van der Waals surface area contributed by atoms with Gasteiger partial charge in [0.2, 0.25) is 0 Å². The number of nitrogens with one attached hydrogen (secondary N) is 1. The fraction of sp³-hybridized carbons (Fsp3) is 0.381. The molecule has 2 aromatic carbocycles. The summed E-state index contributed by atoms with van der Waals surface area (Å²) in [6, 6.07) is 14.6. The number of amides is 2. The topological polar surface area (TPSA) is 35.6 Å². The van der Waals surface area contributed by atoms with Gasteiger partial charge in [-0.15, -0.1) is 0 Å². The van der Waals surface area contributed by atoms with E-state index >= 15 is 0 Å². The minimum absolute atomic E-state index is 0.0224. The van der Waals surface area contributed by atoms with Gasteiger partial charge in [-0.25, -0.2) is 9.18 Å². The first kappa shape index (κ1) is 19.6. The zero-order chi connectivity index (χ0) is 19.1. The molecule has 1 fully saturated rings. The second kappa shape index (κ2) is 9.72. The number of rotatable bonds is 6. The summed E-state index contributed by atoms with van der Waals surface area (Å²) in [5.74, 6) is -0.143. The Labute approximate surface area is 164 Å². The lowest BCUT2D eigenvalue weighted by molar-refractivity contribution is 0.140. The maximum atomic E-state index is 13.7. The number of nitrogens with zero attached hydrogens (tertiary/aromatic N) is 2. The third kappa shape index (κ3) is 5.94. The summed E-state index contributed by atoms with van der Waals surface area (Å²) >= 11 is 5.97. The van der Waals surface area contributed by atoms with Crippen molar-refractivity contribution in [2.45, 2.75) is 12.8 Å². The second-order valence-electron chi connectivity index (χ2n) is 6.78. The van der Waals surface area contributed by atoms with Crippen molar-refractivity contribution < 1.29 is 9.18 Å². The summed E-state index contributed by atoms with van der Waals surface area (Å²) in [6.07, 6.45) is 1.45. The highest BCUT2D eigenvalue weighted by molar-refractivity contribution is 6.30. The molecule has 6 heteroatoms. The van der Waals surface area contributed by atoms with E-state index in [4.69, 9.17) is 11.6 Å². The Balaban J connectivity index is 1.36. The van der Waals surface area contributed by atoms with E-state index in [9.17, 15) is 9.18 Å². The maximum absolute atomic E-state index is 13.7. The molecular weight excluding hydrogens is 365 g/mol. The van der Waals surface area contributed by atoms with Crippen molar-refractivity contribution in [2.24, 2.45) is 0 Å². The van der Waals surface area contributed by atoms with Crippen molar-refractivity contribution in [3.63, 3.8) is 0 Å². The molecule has 4 nitrogen and oxygen atoms in total.